The minimum atomic E-state index is 0.0184. The van der Waals surface area contributed by atoms with Gasteiger partial charge in [0.2, 0.25) is 11.8 Å². The lowest BCUT2D eigenvalue weighted by molar-refractivity contribution is -0.150. The maximum Gasteiger partial charge on any atom is 0.242 e. The van der Waals surface area contributed by atoms with Gasteiger partial charge in [-0.25, -0.2) is 0 Å². The highest BCUT2D eigenvalue weighted by Gasteiger charge is 2.34. The normalized spacial score (nSPS) is 17.9. The van der Waals surface area contributed by atoms with Crippen molar-refractivity contribution in [2.24, 2.45) is 5.41 Å². The fourth-order valence-corrected chi connectivity index (χ4v) is 2.61. The number of piperazine rings is 1. The molecule has 1 aliphatic heterocycles. The highest BCUT2D eigenvalue weighted by molar-refractivity contribution is 7.80. The van der Waals surface area contributed by atoms with Crippen LogP contribution in [0.15, 0.2) is 0 Å². The van der Waals surface area contributed by atoms with Crippen LogP contribution in [0.2, 0.25) is 0 Å². The third kappa shape index (κ3) is 3.15. The molecule has 0 aromatic heterocycles. The molecule has 2 amide bonds. The molecule has 0 atom stereocenters. The minimum absolute atomic E-state index is 0.0184. The summed E-state index contributed by atoms with van der Waals surface area (Å²) in [6, 6.07) is 0. The van der Waals surface area contributed by atoms with Crippen LogP contribution in [0.3, 0.4) is 0 Å². The Morgan fingerprint density at radius 2 is 1.76 bits per heavy atom. The highest BCUT2D eigenvalue weighted by atomic mass is 32.1. The summed E-state index contributed by atoms with van der Waals surface area (Å²) in [5.41, 5.74) is 0.0367. The molecule has 1 fully saturated rings. The van der Waals surface area contributed by atoms with E-state index in [0.717, 1.165) is 18.6 Å². The predicted molar refractivity (Wildman–Crippen MR) is 71.1 cm³/mol. The van der Waals surface area contributed by atoms with Gasteiger partial charge in [0.05, 0.1) is 13.1 Å². The predicted octanol–water partition coefficient (Wildman–Crippen LogP) is 1.02. The zero-order valence-corrected chi connectivity index (χ0v) is 11.8. The molecule has 1 rings (SSSR count). The Kier molecular flexibility index (Phi) is 4.86. The van der Waals surface area contributed by atoms with Crippen molar-refractivity contribution < 1.29 is 9.59 Å². The van der Waals surface area contributed by atoms with Crippen LogP contribution in [-0.4, -0.2) is 54.0 Å². The molecule has 98 valence electrons. The third-order valence-electron chi connectivity index (χ3n) is 3.84. The molecule has 17 heavy (non-hydrogen) atoms. The Morgan fingerprint density at radius 3 is 2.24 bits per heavy atom. The summed E-state index contributed by atoms with van der Waals surface area (Å²) in [6.45, 7) is 5.28. The van der Waals surface area contributed by atoms with Crippen LogP contribution in [0.25, 0.3) is 0 Å². The van der Waals surface area contributed by atoms with Gasteiger partial charge in [0.25, 0.3) is 0 Å². The quantitative estimate of drug-likeness (QED) is 0.748. The third-order valence-corrected chi connectivity index (χ3v) is 4.51. The number of hydrogen-bond donors (Lipinski definition) is 1. The number of carbonyl (C=O) groups is 2. The minimum Gasteiger partial charge on any atom is -0.335 e. The standard InChI is InChI=1S/C12H22N2O2S/c1-4-12(5-2,9-17)8-14-7-10(15)13(3)6-11(14)16/h17H,4-9H2,1-3H3. The zero-order valence-electron chi connectivity index (χ0n) is 10.9. The maximum atomic E-state index is 11.9. The number of thiol groups is 1. The molecule has 0 saturated carbocycles. The highest BCUT2D eigenvalue weighted by Crippen LogP contribution is 2.29. The molecule has 1 aliphatic rings. The summed E-state index contributed by atoms with van der Waals surface area (Å²) in [4.78, 5) is 26.7. The van der Waals surface area contributed by atoms with Gasteiger partial charge in [-0.3, -0.25) is 9.59 Å². The number of rotatable bonds is 5. The summed E-state index contributed by atoms with van der Waals surface area (Å²) in [6.07, 6.45) is 1.95. The van der Waals surface area contributed by atoms with E-state index >= 15 is 0 Å². The van der Waals surface area contributed by atoms with Gasteiger partial charge in [0.1, 0.15) is 0 Å². The van der Waals surface area contributed by atoms with Crippen LogP contribution in [0, 0.1) is 5.41 Å². The van der Waals surface area contributed by atoms with Crippen molar-refractivity contribution in [1.82, 2.24) is 9.80 Å². The number of carbonyl (C=O) groups excluding carboxylic acids is 2. The zero-order chi connectivity index (χ0) is 13.1. The molecule has 0 spiro atoms. The van der Waals surface area contributed by atoms with Crippen LogP contribution in [0.5, 0.6) is 0 Å². The van der Waals surface area contributed by atoms with E-state index in [9.17, 15) is 9.59 Å². The van der Waals surface area contributed by atoms with Gasteiger partial charge in [-0.2, -0.15) is 12.6 Å². The first-order chi connectivity index (χ1) is 7.98. The smallest absolute Gasteiger partial charge is 0.242 e. The summed E-state index contributed by atoms with van der Waals surface area (Å²) < 4.78 is 0. The van der Waals surface area contributed by atoms with Crippen LogP contribution in [0.4, 0.5) is 0 Å². The number of nitrogens with zero attached hydrogens (tertiary/aromatic N) is 2. The van der Waals surface area contributed by atoms with Crippen LogP contribution >= 0.6 is 12.6 Å². The van der Waals surface area contributed by atoms with Crippen molar-refractivity contribution in [2.45, 2.75) is 26.7 Å². The molecule has 0 unspecified atom stereocenters. The van der Waals surface area contributed by atoms with Crippen molar-refractivity contribution in [3.8, 4) is 0 Å². The molecule has 5 heteroatoms. The molecule has 0 aliphatic carbocycles. The number of likely N-dealkylation sites (N-methyl/N-ethyl adjacent to an activating group) is 1. The largest absolute Gasteiger partial charge is 0.335 e. The van der Waals surface area contributed by atoms with E-state index in [1.807, 2.05) is 0 Å². The Balaban J connectivity index is 2.73. The van der Waals surface area contributed by atoms with Crippen LogP contribution < -0.4 is 0 Å². The van der Waals surface area contributed by atoms with E-state index < -0.39 is 0 Å². The van der Waals surface area contributed by atoms with Crippen molar-refractivity contribution in [2.75, 3.05) is 32.4 Å². The second-order valence-electron chi connectivity index (χ2n) is 4.86. The first-order valence-electron chi connectivity index (χ1n) is 6.10. The Bertz CT molecular complexity index is 295. The molecule has 0 radical (unpaired) electrons. The van der Waals surface area contributed by atoms with Crippen molar-refractivity contribution in [3.05, 3.63) is 0 Å². The van der Waals surface area contributed by atoms with E-state index in [1.165, 1.54) is 4.90 Å². The lowest BCUT2D eigenvalue weighted by atomic mass is 9.83. The average Bonchev–Trinajstić information content (AvgIpc) is 2.33. The lowest BCUT2D eigenvalue weighted by Crippen LogP contribution is -2.55. The molecule has 0 bridgehead atoms. The molecule has 1 saturated heterocycles. The first-order valence-corrected chi connectivity index (χ1v) is 6.74. The second kappa shape index (κ2) is 5.76. The Hall–Kier alpha value is -0.710. The van der Waals surface area contributed by atoms with Gasteiger partial charge in [-0.15, -0.1) is 0 Å². The Labute approximate surface area is 109 Å². The summed E-state index contributed by atoms with van der Waals surface area (Å²) in [5, 5.41) is 0. The molecule has 0 aromatic carbocycles. The van der Waals surface area contributed by atoms with Gasteiger partial charge < -0.3 is 9.80 Å². The van der Waals surface area contributed by atoms with Crippen LogP contribution in [0.1, 0.15) is 26.7 Å². The van der Waals surface area contributed by atoms with Gasteiger partial charge in [-0.05, 0) is 24.0 Å². The fourth-order valence-electron chi connectivity index (χ4n) is 2.06. The number of amides is 2. The molecule has 1 heterocycles. The molecular formula is C12H22N2O2S. The average molecular weight is 258 g/mol. The molecular weight excluding hydrogens is 236 g/mol. The van der Waals surface area contributed by atoms with Crippen molar-refractivity contribution in [3.63, 3.8) is 0 Å². The van der Waals surface area contributed by atoms with Gasteiger partial charge >= 0.3 is 0 Å². The van der Waals surface area contributed by atoms with E-state index in [0.29, 0.717) is 6.54 Å². The van der Waals surface area contributed by atoms with Gasteiger partial charge in [0, 0.05) is 13.6 Å². The van der Waals surface area contributed by atoms with E-state index in [4.69, 9.17) is 0 Å². The second-order valence-corrected chi connectivity index (χ2v) is 5.18. The molecule has 4 nitrogen and oxygen atoms in total. The lowest BCUT2D eigenvalue weighted by Gasteiger charge is -2.39. The fraction of sp³-hybridized carbons (Fsp3) is 0.833. The maximum absolute atomic E-state index is 11.9. The SMILES string of the molecule is CCC(CC)(CS)CN1CC(=O)N(C)CC1=O. The molecule has 0 N–H and O–H groups in total. The van der Waals surface area contributed by atoms with Crippen molar-refractivity contribution >= 4 is 24.4 Å². The number of hydrogen-bond acceptors (Lipinski definition) is 3. The molecule has 0 aromatic rings. The van der Waals surface area contributed by atoms with Gasteiger partial charge in [0.15, 0.2) is 0 Å². The summed E-state index contributed by atoms with van der Waals surface area (Å²) in [7, 11) is 1.67. The van der Waals surface area contributed by atoms with E-state index in [2.05, 4.69) is 26.5 Å². The van der Waals surface area contributed by atoms with E-state index in [1.54, 1.807) is 11.9 Å². The summed E-state index contributed by atoms with van der Waals surface area (Å²) in [5.74, 6) is 0.804. The topological polar surface area (TPSA) is 40.6 Å². The van der Waals surface area contributed by atoms with Crippen molar-refractivity contribution in [1.29, 1.82) is 0 Å². The Morgan fingerprint density at radius 1 is 1.18 bits per heavy atom. The van der Waals surface area contributed by atoms with Gasteiger partial charge in [-0.1, -0.05) is 13.8 Å². The monoisotopic (exact) mass is 258 g/mol. The van der Waals surface area contributed by atoms with E-state index in [-0.39, 0.29) is 30.3 Å². The first kappa shape index (κ1) is 14.4. The van der Waals surface area contributed by atoms with Crippen LogP contribution in [-0.2, 0) is 9.59 Å². The summed E-state index contributed by atoms with van der Waals surface area (Å²) >= 11 is 4.40.